The molecule has 0 fully saturated rings. The Balaban J connectivity index is 2.27. The van der Waals surface area contributed by atoms with E-state index in [1.54, 1.807) is 0 Å². The van der Waals surface area contributed by atoms with Crippen LogP contribution in [0.25, 0.3) is 0 Å². The Bertz CT molecular complexity index is 569. The number of nitrogen functional groups attached to an aromatic ring is 1. The van der Waals surface area contributed by atoms with E-state index >= 15 is 0 Å². The average molecular weight is 302 g/mol. The van der Waals surface area contributed by atoms with Crippen LogP contribution in [0.2, 0.25) is 0 Å². The molecule has 8 heteroatoms. The van der Waals surface area contributed by atoms with Gasteiger partial charge in [-0.25, -0.2) is 10.8 Å². The van der Waals surface area contributed by atoms with E-state index in [9.17, 15) is 13.2 Å². The van der Waals surface area contributed by atoms with Gasteiger partial charge in [0.25, 0.3) is 0 Å². The Hall–Kier alpha value is -1.80. The Morgan fingerprint density at radius 1 is 1.30 bits per heavy atom. The van der Waals surface area contributed by atoms with Gasteiger partial charge in [0.15, 0.2) is 0 Å². The number of halogens is 3. The Labute approximate surface area is 117 Å². The highest BCUT2D eigenvalue weighted by Crippen LogP contribution is 2.33. The van der Waals surface area contributed by atoms with Crippen molar-refractivity contribution < 1.29 is 13.2 Å². The van der Waals surface area contributed by atoms with Crippen molar-refractivity contribution in [1.82, 2.24) is 4.98 Å². The van der Waals surface area contributed by atoms with Crippen molar-refractivity contribution in [2.45, 2.75) is 19.1 Å². The third-order valence-corrected chi connectivity index (χ3v) is 3.69. The quantitative estimate of drug-likeness (QED) is 0.596. The molecule has 0 spiro atoms. The van der Waals surface area contributed by atoms with E-state index in [0.717, 1.165) is 17.0 Å². The summed E-state index contributed by atoms with van der Waals surface area (Å²) in [5.74, 6) is 5.23. The zero-order chi connectivity index (χ0) is 14.8. The second-order valence-corrected chi connectivity index (χ2v) is 5.13. The summed E-state index contributed by atoms with van der Waals surface area (Å²) in [6.07, 6.45) is -4.45. The highest BCUT2D eigenvalue weighted by molar-refractivity contribution is 7.10. The number of pyridine rings is 1. The van der Waals surface area contributed by atoms with E-state index in [0.29, 0.717) is 0 Å². The fourth-order valence-electron chi connectivity index (χ4n) is 1.67. The summed E-state index contributed by atoms with van der Waals surface area (Å²) in [6.45, 7) is 1.85. The SMILES string of the molecule is CC(Nc1cc(C(F)(F)F)cc(NN)n1)c1cccs1. The number of rotatable bonds is 4. The van der Waals surface area contributed by atoms with Crippen molar-refractivity contribution in [1.29, 1.82) is 0 Å². The third-order valence-electron chi connectivity index (χ3n) is 2.63. The van der Waals surface area contributed by atoms with E-state index in [2.05, 4.69) is 15.7 Å². The molecule has 4 N–H and O–H groups in total. The van der Waals surface area contributed by atoms with E-state index < -0.39 is 11.7 Å². The Morgan fingerprint density at radius 3 is 2.55 bits per heavy atom. The molecule has 2 aromatic rings. The normalized spacial score (nSPS) is 13.1. The zero-order valence-corrected chi connectivity index (χ0v) is 11.3. The maximum atomic E-state index is 12.8. The number of hydrogen-bond donors (Lipinski definition) is 3. The van der Waals surface area contributed by atoms with Crippen molar-refractivity contribution in [3.05, 3.63) is 40.1 Å². The fraction of sp³-hybridized carbons (Fsp3) is 0.250. The second kappa shape index (κ2) is 5.68. The molecule has 2 aromatic heterocycles. The summed E-state index contributed by atoms with van der Waals surface area (Å²) in [5, 5.41) is 4.84. The lowest BCUT2D eigenvalue weighted by Crippen LogP contribution is -2.14. The molecule has 0 aliphatic carbocycles. The number of nitrogens with one attached hydrogen (secondary N) is 2. The molecule has 0 aliphatic rings. The van der Waals surface area contributed by atoms with Gasteiger partial charge in [0.2, 0.25) is 0 Å². The smallest absolute Gasteiger partial charge is 0.363 e. The van der Waals surface area contributed by atoms with Crippen molar-refractivity contribution in [2.75, 3.05) is 10.7 Å². The van der Waals surface area contributed by atoms with Gasteiger partial charge in [-0.05, 0) is 30.5 Å². The molecule has 2 rings (SSSR count). The molecule has 4 nitrogen and oxygen atoms in total. The summed E-state index contributed by atoms with van der Waals surface area (Å²) >= 11 is 1.52. The topological polar surface area (TPSA) is 63.0 Å². The van der Waals surface area contributed by atoms with Crippen LogP contribution in [-0.4, -0.2) is 4.98 Å². The lowest BCUT2D eigenvalue weighted by atomic mass is 10.2. The number of nitrogens with two attached hydrogens (primary N) is 1. The predicted molar refractivity (Wildman–Crippen MR) is 73.4 cm³/mol. The molecule has 108 valence electrons. The van der Waals surface area contributed by atoms with Gasteiger partial charge >= 0.3 is 6.18 Å². The van der Waals surface area contributed by atoms with Crippen LogP contribution in [0.4, 0.5) is 24.8 Å². The minimum atomic E-state index is -4.45. The van der Waals surface area contributed by atoms with Crippen molar-refractivity contribution in [3.8, 4) is 0 Å². The maximum absolute atomic E-state index is 12.8. The Kier molecular flexibility index (Phi) is 4.15. The van der Waals surface area contributed by atoms with Crippen LogP contribution in [0.3, 0.4) is 0 Å². The van der Waals surface area contributed by atoms with E-state index in [1.807, 2.05) is 24.4 Å². The van der Waals surface area contributed by atoms with E-state index in [4.69, 9.17) is 5.84 Å². The van der Waals surface area contributed by atoms with Crippen LogP contribution in [0, 0.1) is 0 Å². The molecule has 0 aromatic carbocycles. The summed E-state index contributed by atoms with van der Waals surface area (Å²) < 4.78 is 38.3. The number of nitrogens with zero attached hydrogens (tertiary/aromatic N) is 1. The van der Waals surface area contributed by atoms with E-state index in [-0.39, 0.29) is 17.7 Å². The highest BCUT2D eigenvalue weighted by atomic mass is 32.1. The van der Waals surface area contributed by atoms with Gasteiger partial charge < -0.3 is 10.7 Å². The standard InChI is InChI=1S/C12H13F3N4S/c1-7(9-3-2-4-20-9)17-10-5-8(12(13,14)15)6-11(18-10)19-16/h2-7H,16H2,1H3,(H2,17,18,19). The van der Waals surface area contributed by atoms with Crippen molar-refractivity contribution >= 4 is 23.0 Å². The van der Waals surface area contributed by atoms with Crippen LogP contribution < -0.4 is 16.6 Å². The Morgan fingerprint density at radius 2 is 2.00 bits per heavy atom. The first kappa shape index (κ1) is 14.6. The lowest BCUT2D eigenvalue weighted by molar-refractivity contribution is -0.137. The molecule has 0 saturated heterocycles. The first-order chi connectivity index (χ1) is 9.40. The van der Waals surface area contributed by atoms with Crippen molar-refractivity contribution in [2.24, 2.45) is 5.84 Å². The molecule has 0 radical (unpaired) electrons. The predicted octanol–water partition coefficient (Wildman–Crippen LogP) is 3.62. The molecule has 2 heterocycles. The summed E-state index contributed by atoms with van der Waals surface area (Å²) in [7, 11) is 0. The molecule has 0 aliphatic heterocycles. The van der Waals surface area contributed by atoms with Crippen molar-refractivity contribution in [3.63, 3.8) is 0 Å². The number of aromatic nitrogens is 1. The molecular formula is C12H13F3N4S. The van der Waals surface area contributed by atoms with Crippen LogP contribution >= 0.6 is 11.3 Å². The minimum absolute atomic E-state index is 0.0410. The largest absolute Gasteiger partial charge is 0.416 e. The first-order valence-electron chi connectivity index (χ1n) is 5.76. The first-order valence-corrected chi connectivity index (χ1v) is 6.64. The zero-order valence-electron chi connectivity index (χ0n) is 10.5. The minimum Gasteiger partial charge on any atom is -0.363 e. The second-order valence-electron chi connectivity index (χ2n) is 4.15. The highest BCUT2D eigenvalue weighted by Gasteiger charge is 2.31. The lowest BCUT2D eigenvalue weighted by Gasteiger charge is -2.16. The average Bonchev–Trinajstić information content (AvgIpc) is 2.91. The van der Waals surface area contributed by atoms with Gasteiger partial charge in [0.05, 0.1) is 11.6 Å². The van der Waals surface area contributed by atoms with Gasteiger partial charge in [-0.1, -0.05) is 6.07 Å². The summed E-state index contributed by atoms with van der Waals surface area (Å²) in [6, 6.07) is 5.46. The van der Waals surface area contributed by atoms with Gasteiger partial charge in [-0.15, -0.1) is 11.3 Å². The number of hydrogen-bond acceptors (Lipinski definition) is 5. The molecule has 1 unspecified atom stereocenters. The summed E-state index contributed by atoms with van der Waals surface area (Å²) in [5.41, 5.74) is 1.34. The van der Waals surface area contributed by atoms with E-state index in [1.165, 1.54) is 11.3 Å². The van der Waals surface area contributed by atoms with Crippen LogP contribution in [0.1, 0.15) is 23.4 Å². The molecule has 0 saturated carbocycles. The fourth-order valence-corrected chi connectivity index (χ4v) is 2.41. The number of hydrazine groups is 1. The number of alkyl halides is 3. The monoisotopic (exact) mass is 302 g/mol. The van der Waals surface area contributed by atoms with Gasteiger partial charge in [-0.2, -0.15) is 13.2 Å². The number of thiophene rings is 1. The molecule has 20 heavy (non-hydrogen) atoms. The molecular weight excluding hydrogens is 289 g/mol. The van der Waals surface area contributed by atoms with Gasteiger partial charge in [-0.3, -0.25) is 0 Å². The summed E-state index contributed by atoms with van der Waals surface area (Å²) in [4.78, 5) is 4.98. The maximum Gasteiger partial charge on any atom is 0.416 e. The van der Waals surface area contributed by atoms with Crippen LogP contribution in [-0.2, 0) is 6.18 Å². The third kappa shape index (κ3) is 3.40. The van der Waals surface area contributed by atoms with Gasteiger partial charge in [0, 0.05) is 4.88 Å². The molecule has 0 bridgehead atoms. The molecule has 0 amide bonds. The number of anilines is 2. The van der Waals surface area contributed by atoms with Crippen LogP contribution in [0.15, 0.2) is 29.6 Å². The van der Waals surface area contributed by atoms with Crippen LogP contribution in [0.5, 0.6) is 0 Å². The van der Waals surface area contributed by atoms with Gasteiger partial charge in [0.1, 0.15) is 11.6 Å². The molecule has 1 atom stereocenters.